The molecule has 0 saturated carbocycles. The van der Waals surface area contributed by atoms with Gasteiger partial charge in [-0.25, -0.2) is 4.98 Å². The normalized spacial score (nSPS) is 16.6. The summed E-state index contributed by atoms with van der Waals surface area (Å²) in [4.78, 5) is 7.46. The summed E-state index contributed by atoms with van der Waals surface area (Å²) >= 11 is 1.16. The molecule has 3 nitrogen and oxygen atoms in total. The number of nitrogens with zero attached hydrogens (tertiary/aromatic N) is 2. The van der Waals surface area contributed by atoms with E-state index < -0.39 is 11.7 Å². The number of hydrogen-bond donors (Lipinski definition) is 1. The van der Waals surface area contributed by atoms with Crippen molar-refractivity contribution >= 4 is 17.6 Å². The standard InChI is InChI=1S/C26H27F3N2OS/c1-17(2)21-7-3-4-8-23(21)33-24-10-9-18(14-22(24)26(27,28)29)19-11-12-30-25(15-19)31-13-5-6-20(31)16-32/h3-4,7-12,14-15,17,20,32H,5-6,13,16H2,1-2H3. The van der Waals surface area contributed by atoms with Gasteiger partial charge in [0, 0.05) is 22.5 Å². The molecule has 0 bridgehead atoms. The van der Waals surface area contributed by atoms with Crippen LogP contribution in [-0.2, 0) is 6.18 Å². The zero-order chi connectivity index (χ0) is 23.6. The van der Waals surface area contributed by atoms with Gasteiger partial charge in [-0.1, -0.05) is 49.9 Å². The Bertz CT molecular complexity index is 1120. The molecular weight excluding hydrogens is 445 g/mol. The molecule has 0 amide bonds. The maximum absolute atomic E-state index is 14.1. The Morgan fingerprint density at radius 2 is 1.82 bits per heavy atom. The lowest BCUT2D eigenvalue weighted by molar-refractivity contribution is -0.139. The van der Waals surface area contributed by atoms with Crippen molar-refractivity contribution in [3.63, 3.8) is 0 Å². The van der Waals surface area contributed by atoms with Crippen LogP contribution in [0.3, 0.4) is 0 Å². The van der Waals surface area contributed by atoms with Gasteiger partial charge in [0.15, 0.2) is 0 Å². The average molecular weight is 473 g/mol. The fourth-order valence-corrected chi connectivity index (χ4v) is 5.50. The molecule has 3 aromatic rings. The molecule has 4 rings (SSSR count). The van der Waals surface area contributed by atoms with Crippen molar-refractivity contribution in [2.45, 2.75) is 54.6 Å². The molecule has 33 heavy (non-hydrogen) atoms. The summed E-state index contributed by atoms with van der Waals surface area (Å²) in [6, 6.07) is 15.7. The first kappa shape index (κ1) is 23.6. The van der Waals surface area contributed by atoms with Gasteiger partial charge in [-0.2, -0.15) is 13.2 Å². The molecule has 174 valence electrons. The summed E-state index contributed by atoms with van der Waals surface area (Å²) in [5, 5.41) is 9.62. The van der Waals surface area contributed by atoms with E-state index in [0.717, 1.165) is 41.6 Å². The van der Waals surface area contributed by atoms with E-state index in [-0.39, 0.29) is 23.5 Å². The molecule has 2 heterocycles. The molecule has 0 aliphatic carbocycles. The molecule has 1 atom stereocenters. The first-order valence-corrected chi connectivity index (χ1v) is 11.9. The van der Waals surface area contributed by atoms with Crippen LogP contribution in [0.25, 0.3) is 11.1 Å². The van der Waals surface area contributed by atoms with Gasteiger partial charge in [-0.3, -0.25) is 0 Å². The highest BCUT2D eigenvalue weighted by Crippen LogP contribution is 2.43. The maximum atomic E-state index is 14.1. The van der Waals surface area contributed by atoms with Crippen LogP contribution >= 0.6 is 11.8 Å². The number of pyridine rings is 1. The van der Waals surface area contributed by atoms with Crippen LogP contribution in [0, 0.1) is 0 Å². The van der Waals surface area contributed by atoms with E-state index in [9.17, 15) is 18.3 Å². The first-order valence-electron chi connectivity index (χ1n) is 11.1. The Kier molecular flexibility index (Phi) is 7.00. The van der Waals surface area contributed by atoms with Gasteiger partial charge < -0.3 is 10.0 Å². The number of anilines is 1. The third kappa shape index (κ3) is 5.20. The molecule has 1 fully saturated rings. The number of benzene rings is 2. The smallest absolute Gasteiger partial charge is 0.394 e. The van der Waals surface area contributed by atoms with Gasteiger partial charge in [0.2, 0.25) is 0 Å². The number of hydrogen-bond acceptors (Lipinski definition) is 4. The second-order valence-electron chi connectivity index (χ2n) is 8.58. The lowest BCUT2D eigenvalue weighted by atomic mass is 10.0. The van der Waals surface area contributed by atoms with Crippen LogP contribution in [0.4, 0.5) is 19.0 Å². The Morgan fingerprint density at radius 3 is 2.55 bits per heavy atom. The Balaban J connectivity index is 1.71. The molecule has 1 aliphatic rings. The molecule has 0 spiro atoms. The monoisotopic (exact) mass is 472 g/mol. The number of alkyl halides is 3. The van der Waals surface area contributed by atoms with Gasteiger partial charge >= 0.3 is 6.18 Å². The van der Waals surface area contributed by atoms with E-state index in [1.807, 2.05) is 49.1 Å². The van der Waals surface area contributed by atoms with Crippen LogP contribution in [0.2, 0.25) is 0 Å². The van der Waals surface area contributed by atoms with Crippen LogP contribution in [0.15, 0.2) is 70.6 Å². The van der Waals surface area contributed by atoms with Gasteiger partial charge in [0.1, 0.15) is 5.82 Å². The number of halogens is 3. The molecule has 0 radical (unpaired) electrons. The zero-order valence-electron chi connectivity index (χ0n) is 18.6. The number of aliphatic hydroxyl groups is 1. The van der Waals surface area contributed by atoms with Crippen molar-refractivity contribution in [2.24, 2.45) is 0 Å². The van der Waals surface area contributed by atoms with Crippen LogP contribution in [0.1, 0.15) is 43.7 Å². The van der Waals surface area contributed by atoms with E-state index in [0.29, 0.717) is 16.9 Å². The van der Waals surface area contributed by atoms with Gasteiger partial charge in [0.25, 0.3) is 0 Å². The Hall–Kier alpha value is -2.51. The molecule has 7 heteroatoms. The second kappa shape index (κ2) is 9.77. The third-order valence-corrected chi connectivity index (χ3v) is 7.17. The topological polar surface area (TPSA) is 36.4 Å². The van der Waals surface area contributed by atoms with Crippen molar-refractivity contribution in [3.8, 4) is 11.1 Å². The quantitative estimate of drug-likeness (QED) is 0.419. The molecule has 1 aromatic heterocycles. The van der Waals surface area contributed by atoms with Crippen molar-refractivity contribution in [1.82, 2.24) is 4.98 Å². The molecule has 2 aromatic carbocycles. The lowest BCUT2D eigenvalue weighted by Crippen LogP contribution is -2.32. The molecule has 1 unspecified atom stereocenters. The summed E-state index contributed by atoms with van der Waals surface area (Å²) in [6.45, 7) is 4.89. The zero-order valence-corrected chi connectivity index (χ0v) is 19.5. The number of aliphatic hydroxyl groups excluding tert-OH is 1. The highest BCUT2D eigenvalue weighted by atomic mass is 32.2. The Morgan fingerprint density at radius 1 is 1.06 bits per heavy atom. The summed E-state index contributed by atoms with van der Waals surface area (Å²) in [5.74, 6) is 0.896. The summed E-state index contributed by atoms with van der Waals surface area (Å²) < 4.78 is 42.2. The predicted molar refractivity (Wildman–Crippen MR) is 127 cm³/mol. The van der Waals surface area contributed by atoms with E-state index in [4.69, 9.17) is 0 Å². The van der Waals surface area contributed by atoms with Gasteiger partial charge in [0.05, 0.1) is 18.2 Å². The van der Waals surface area contributed by atoms with Crippen LogP contribution < -0.4 is 4.90 Å². The molecule has 1 aliphatic heterocycles. The Labute approximate surface area is 196 Å². The van der Waals surface area contributed by atoms with E-state index in [2.05, 4.69) is 4.98 Å². The SMILES string of the molecule is CC(C)c1ccccc1Sc1ccc(-c2ccnc(N3CCCC3CO)c2)cc1C(F)(F)F. The highest BCUT2D eigenvalue weighted by Gasteiger charge is 2.34. The average Bonchev–Trinajstić information content (AvgIpc) is 3.28. The lowest BCUT2D eigenvalue weighted by Gasteiger charge is -2.24. The minimum Gasteiger partial charge on any atom is -0.394 e. The molecular formula is C26H27F3N2OS. The van der Waals surface area contributed by atoms with Gasteiger partial charge in [-0.15, -0.1) is 0 Å². The summed E-state index contributed by atoms with van der Waals surface area (Å²) in [5.41, 5.74) is 1.55. The first-order chi connectivity index (χ1) is 15.8. The molecule has 1 saturated heterocycles. The minimum atomic E-state index is -4.47. The highest BCUT2D eigenvalue weighted by molar-refractivity contribution is 7.99. The van der Waals surface area contributed by atoms with E-state index in [1.165, 1.54) is 6.07 Å². The van der Waals surface area contributed by atoms with Crippen molar-refractivity contribution in [2.75, 3.05) is 18.1 Å². The van der Waals surface area contributed by atoms with E-state index >= 15 is 0 Å². The number of rotatable bonds is 6. The maximum Gasteiger partial charge on any atom is 0.417 e. The summed E-state index contributed by atoms with van der Waals surface area (Å²) in [7, 11) is 0. The number of aromatic nitrogens is 1. The fourth-order valence-electron chi connectivity index (χ4n) is 4.27. The largest absolute Gasteiger partial charge is 0.417 e. The predicted octanol–water partition coefficient (Wildman–Crippen LogP) is 7.00. The van der Waals surface area contributed by atoms with Crippen molar-refractivity contribution in [1.29, 1.82) is 0 Å². The van der Waals surface area contributed by atoms with Gasteiger partial charge in [-0.05, 0) is 65.8 Å². The van der Waals surface area contributed by atoms with Crippen molar-refractivity contribution in [3.05, 3.63) is 71.9 Å². The molecule has 1 N–H and O–H groups in total. The van der Waals surface area contributed by atoms with E-state index in [1.54, 1.807) is 24.4 Å². The second-order valence-corrected chi connectivity index (χ2v) is 9.66. The van der Waals surface area contributed by atoms with Crippen LogP contribution in [0.5, 0.6) is 0 Å². The van der Waals surface area contributed by atoms with Crippen molar-refractivity contribution < 1.29 is 18.3 Å². The third-order valence-electron chi connectivity index (χ3n) is 6.01. The fraction of sp³-hybridized carbons (Fsp3) is 0.346. The summed E-state index contributed by atoms with van der Waals surface area (Å²) in [6.07, 6.45) is -1.02. The van der Waals surface area contributed by atoms with Crippen LogP contribution in [-0.4, -0.2) is 29.3 Å². The minimum absolute atomic E-state index is 0.00159.